The van der Waals surface area contributed by atoms with Crippen molar-refractivity contribution in [3.63, 3.8) is 0 Å². The van der Waals surface area contributed by atoms with E-state index in [2.05, 4.69) is 41.4 Å². The predicted octanol–water partition coefficient (Wildman–Crippen LogP) is 1.68. The Balaban J connectivity index is 1.93. The molecule has 1 aromatic rings. The Morgan fingerprint density at radius 3 is 2.68 bits per heavy atom. The molecule has 0 bridgehead atoms. The largest absolute Gasteiger partial charge is 0.357 e. The number of nitrogens with zero attached hydrogens (tertiary/aromatic N) is 3. The third-order valence-electron chi connectivity index (χ3n) is 4.50. The van der Waals surface area contributed by atoms with Crippen LogP contribution in [0.1, 0.15) is 31.4 Å². The van der Waals surface area contributed by atoms with Gasteiger partial charge in [-0.3, -0.25) is 4.99 Å². The Hall–Kier alpha value is -1.60. The molecule has 1 aromatic carbocycles. The van der Waals surface area contributed by atoms with Crippen LogP contribution in [0.25, 0.3) is 0 Å². The maximum atomic E-state index is 11.8. The van der Waals surface area contributed by atoms with Crippen molar-refractivity contribution in [2.75, 3.05) is 39.0 Å². The molecule has 2 rings (SSSR count). The molecular formula is C18H30N4O2S. The summed E-state index contributed by atoms with van der Waals surface area (Å²) in [7, 11) is -1.47. The van der Waals surface area contributed by atoms with Gasteiger partial charge in [0, 0.05) is 39.8 Å². The molecule has 1 N–H and O–H groups in total. The summed E-state index contributed by atoms with van der Waals surface area (Å²) in [6.07, 6.45) is 1.74. The van der Waals surface area contributed by atoms with Crippen LogP contribution in [0.3, 0.4) is 0 Å². The lowest BCUT2D eigenvalue weighted by molar-refractivity contribution is 0.378. The van der Waals surface area contributed by atoms with Crippen molar-refractivity contribution in [2.45, 2.75) is 33.2 Å². The molecule has 0 aliphatic carbocycles. The van der Waals surface area contributed by atoms with E-state index in [0.29, 0.717) is 13.1 Å². The fraction of sp³-hybridized carbons (Fsp3) is 0.611. The van der Waals surface area contributed by atoms with Crippen molar-refractivity contribution in [2.24, 2.45) is 4.99 Å². The van der Waals surface area contributed by atoms with Gasteiger partial charge in [-0.05, 0) is 37.8 Å². The van der Waals surface area contributed by atoms with Crippen LogP contribution in [-0.4, -0.2) is 62.6 Å². The normalized spacial score (nSPS) is 15.4. The zero-order valence-corrected chi connectivity index (χ0v) is 16.3. The zero-order chi connectivity index (χ0) is 18.3. The van der Waals surface area contributed by atoms with Crippen LogP contribution < -0.4 is 5.32 Å². The van der Waals surface area contributed by atoms with E-state index in [1.807, 2.05) is 0 Å². The number of guanidine groups is 1. The lowest BCUT2D eigenvalue weighted by atomic mass is 10.0. The van der Waals surface area contributed by atoms with Crippen LogP contribution in [0.5, 0.6) is 0 Å². The number of sulfonamides is 1. The van der Waals surface area contributed by atoms with Crippen LogP contribution in [0.4, 0.5) is 0 Å². The second-order valence-electron chi connectivity index (χ2n) is 6.25. The van der Waals surface area contributed by atoms with Gasteiger partial charge in [-0.2, -0.15) is 0 Å². The number of hydrogen-bond donors (Lipinski definition) is 1. The van der Waals surface area contributed by atoms with E-state index >= 15 is 0 Å². The average molecular weight is 367 g/mol. The fourth-order valence-corrected chi connectivity index (χ4v) is 3.79. The third-order valence-corrected chi connectivity index (χ3v) is 6.36. The summed E-state index contributed by atoms with van der Waals surface area (Å²) in [5, 5.41) is 3.36. The highest BCUT2D eigenvalue weighted by molar-refractivity contribution is 7.89. The van der Waals surface area contributed by atoms with Gasteiger partial charge in [-0.25, -0.2) is 12.7 Å². The van der Waals surface area contributed by atoms with Gasteiger partial charge in [0.2, 0.25) is 10.0 Å². The zero-order valence-electron chi connectivity index (χ0n) is 15.5. The quantitative estimate of drug-likeness (QED) is 0.453. The van der Waals surface area contributed by atoms with Gasteiger partial charge in [0.1, 0.15) is 0 Å². The first-order valence-corrected chi connectivity index (χ1v) is 10.6. The molecule has 1 heterocycles. The van der Waals surface area contributed by atoms with Crippen LogP contribution in [0.15, 0.2) is 29.3 Å². The summed E-state index contributed by atoms with van der Waals surface area (Å²) in [5.74, 6) is 1.06. The summed E-state index contributed by atoms with van der Waals surface area (Å²) >= 11 is 0. The lowest BCUT2D eigenvalue weighted by Gasteiger charge is -2.31. The molecule has 1 aliphatic heterocycles. The van der Waals surface area contributed by atoms with Gasteiger partial charge in [-0.1, -0.05) is 24.3 Å². The molecule has 0 fully saturated rings. The van der Waals surface area contributed by atoms with Gasteiger partial charge in [0.15, 0.2) is 5.96 Å². The second-order valence-corrected chi connectivity index (χ2v) is 8.62. The number of fused-ring (bicyclic) bond motifs is 1. The van der Waals surface area contributed by atoms with Crippen LogP contribution in [-0.2, 0) is 23.0 Å². The summed E-state index contributed by atoms with van der Waals surface area (Å²) in [6.45, 7) is 7.49. The maximum Gasteiger partial charge on any atom is 0.213 e. The topological polar surface area (TPSA) is 65.0 Å². The Morgan fingerprint density at radius 2 is 2.00 bits per heavy atom. The maximum absolute atomic E-state index is 11.8. The first-order valence-electron chi connectivity index (χ1n) is 9.02. The minimum atomic E-state index is -3.10. The van der Waals surface area contributed by atoms with E-state index in [-0.39, 0.29) is 5.75 Å². The fourth-order valence-electron chi connectivity index (χ4n) is 2.94. The Kier molecular flexibility index (Phi) is 7.25. The van der Waals surface area contributed by atoms with Gasteiger partial charge in [-0.15, -0.1) is 0 Å². The molecule has 0 unspecified atom stereocenters. The second kappa shape index (κ2) is 9.20. The summed E-state index contributed by atoms with van der Waals surface area (Å²) in [4.78, 5) is 6.98. The number of benzene rings is 1. The highest BCUT2D eigenvalue weighted by Gasteiger charge is 2.18. The first kappa shape index (κ1) is 19.7. The van der Waals surface area contributed by atoms with Gasteiger partial charge in [0.25, 0.3) is 0 Å². The number of hydrogen-bond acceptors (Lipinski definition) is 3. The highest BCUT2D eigenvalue weighted by Crippen LogP contribution is 2.18. The SMILES string of the molecule is CCNC(=NCCCN(C)S(=O)(=O)CC)N1CCc2ccccc2C1. The molecule has 0 saturated carbocycles. The van der Waals surface area contributed by atoms with E-state index in [1.165, 1.54) is 15.4 Å². The predicted molar refractivity (Wildman–Crippen MR) is 103 cm³/mol. The van der Waals surface area contributed by atoms with Crippen LogP contribution in [0.2, 0.25) is 0 Å². The molecule has 0 aromatic heterocycles. The standard InChI is InChI=1S/C18H30N4O2S/c1-4-19-18(20-12-8-13-21(3)25(23,24)5-2)22-14-11-16-9-6-7-10-17(16)15-22/h6-7,9-10H,4-5,8,11-15H2,1-3H3,(H,19,20). The van der Waals surface area contributed by atoms with E-state index < -0.39 is 10.0 Å². The molecule has 1 aliphatic rings. The molecule has 0 spiro atoms. The van der Waals surface area contributed by atoms with E-state index in [4.69, 9.17) is 4.99 Å². The molecular weight excluding hydrogens is 336 g/mol. The molecule has 0 amide bonds. The molecule has 0 atom stereocenters. The minimum Gasteiger partial charge on any atom is -0.357 e. The van der Waals surface area contributed by atoms with Crippen molar-refractivity contribution >= 4 is 16.0 Å². The summed E-state index contributed by atoms with van der Waals surface area (Å²) < 4.78 is 25.0. The molecule has 7 heteroatoms. The van der Waals surface area contributed by atoms with E-state index in [1.54, 1.807) is 14.0 Å². The molecule has 25 heavy (non-hydrogen) atoms. The molecule has 6 nitrogen and oxygen atoms in total. The Bertz CT molecular complexity index is 688. The van der Waals surface area contributed by atoms with Crippen molar-refractivity contribution in [1.82, 2.24) is 14.5 Å². The average Bonchev–Trinajstić information content (AvgIpc) is 2.63. The Labute approximate surface area is 152 Å². The summed E-state index contributed by atoms with van der Waals surface area (Å²) in [6, 6.07) is 8.54. The smallest absolute Gasteiger partial charge is 0.213 e. The van der Waals surface area contributed by atoms with Gasteiger partial charge >= 0.3 is 0 Å². The van der Waals surface area contributed by atoms with Gasteiger partial charge in [0.05, 0.1) is 5.75 Å². The van der Waals surface area contributed by atoms with Crippen molar-refractivity contribution in [1.29, 1.82) is 0 Å². The van der Waals surface area contributed by atoms with E-state index in [0.717, 1.165) is 38.4 Å². The van der Waals surface area contributed by atoms with E-state index in [9.17, 15) is 8.42 Å². The van der Waals surface area contributed by atoms with Crippen molar-refractivity contribution in [3.8, 4) is 0 Å². The van der Waals surface area contributed by atoms with Crippen molar-refractivity contribution < 1.29 is 8.42 Å². The minimum absolute atomic E-state index is 0.141. The molecule has 140 valence electrons. The van der Waals surface area contributed by atoms with Gasteiger partial charge < -0.3 is 10.2 Å². The monoisotopic (exact) mass is 366 g/mol. The third kappa shape index (κ3) is 5.44. The highest BCUT2D eigenvalue weighted by atomic mass is 32.2. The number of rotatable bonds is 7. The summed E-state index contributed by atoms with van der Waals surface area (Å²) in [5.41, 5.74) is 2.77. The Morgan fingerprint density at radius 1 is 1.28 bits per heavy atom. The van der Waals surface area contributed by atoms with Crippen LogP contribution in [0, 0.1) is 0 Å². The number of nitrogens with one attached hydrogen (secondary N) is 1. The lowest BCUT2D eigenvalue weighted by Crippen LogP contribution is -2.44. The number of aliphatic imine (C=N–C) groups is 1. The van der Waals surface area contributed by atoms with Crippen LogP contribution >= 0.6 is 0 Å². The molecule has 0 saturated heterocycles. The van der Waals surface area contributed by atoms with Crippen molar-refractivity contribution in [3.05, 3.63) is 35.4 Å². The molecule has 0 radical (unpaired) electrons. The first-order chi connectivity index (χ1) is 12.0.